The number of carbonyl (C=O) groups is 2. The molecule has 3 aromatic rings. The highest BCUT2D eigenvalue weighted by atomic mass is 19.1. The molecule has 1 aromatic carbocycles. The van der Waals surface area contributed by atoms with Gasteiger partial charge >= 0.3 is 0 Å². The van der Waals surface area contributed by atoms with Crippen LogP contribution in [-0.2, 0) is 6.61 Å². The molecule has 0 saturated carbocycles. The molecule has 0 spiro atoms. The van der Waals surface area contributed by atoms with Crippen LogP contribution in [0.2, 0.25) is 0 Å². The fraction of sp³-hybridized carbons (Fsp3) is 0.333. The number of imidazole rings is 1. The number of aryl methyl sites for hydroxylation is 1. The van der Waals surface area contributed by atoms with Gasteiger partial charge in [0.25, 0.3) is 11.8 Å². The molecule has 10 heteroatoms. The third-order valence-corrected chi connectivity index (χ3v) is 4.52. The summed E-state index contributed by atoms with van der Waals surface area (Å²) in [6.45, 7) is 1.52. The number of H-pyrrole nitrogens is 1. The lowest BCUT2D eigenvalue weighted by Gasteiger charge is -2.22. The Morgan fingerprint density at radius 2 is 1.82 bits per heavy atom. The van der Waals surface area contributed by atoms with E-state index in [9.17, 15) is 19.1 Å². The molecule has 2 aromatic heterocycles. The van der Waals surface area contributed by atoms with E-state index < -0.39 is 18.3 Å². The topological polar surface area (TPSA) is 116 Å². The lowest BCUT2D eigenvalue weighted by molar-refractivity contribution is 0.0714. The third-order valence-electron chi connectivity index (χ3n) is 4.52. The maximum Gasteiger partial charge on any atom is 0.259 e. The van der Waals surface area contributed by atoms with Crippen LogP contribution in [0.1, 0.15) is 32.2 Å². The largest absolute Gasteiger partial charge is 0.390 e. The highest BCUT2D eigenvalue weighted by Crippen LogP contribution is 2.20. The highest BCUT2D eigenvalue weighted by Gasteiger charge is 2.25. The molecule has 0 fully saturated rings. The number of hydrogen-bond acceptors (Lipinski definition) is 6. The lowest BCUT2D eigenvalue weighted by atomic mass is 10.1. The average molecular weight is 389 g/mol. The number of likely N-dealkylation sites (N-methyl/N-ethyl adjacent to an activating group) is 2. The van der Waals surface area contributed by atoms with E-state index in [-0.39, 0.29) is 41.3 Å². The van der Waals surface area contributed by atoms with E-state index in [0.29, 0.717) is 11.3 Å². The van der Waals surface area contributed by atoms with Crippen molar-refractivity contribution >= 4 is 22.8 Å². The zero-order chi connectivity index (χ0) is 20.4. The minimum Gasteiger partial charge on any atom is -0.390 e. The molecule has 0 radical (unpaired) electrons. The summed E-state index contributed by atoms with van der Waals surface area (Å²) < 4.78 is 19.2. The molecule has 0 atom stereocenters. The van der Waals surface area contributed by atoms with Crippen molar-refractivity contribution < 1.29 is 23.6 Å². The fourth-order valence-corrected chi connectivity index (χ4v) is 2.87. The molecule has 0 aliphatic rings. The molecule has 148 valence electrons. The number of benzene rings is 1. The second-order valence-electron chi connectivity index (χ2n) is 6.39. The molecule has 9 nitrogen and oxygen atoms in total. The van der Waals surface area contributed by atoms with Crippen LogP contribution in [0.25, 0.3) is 11.0 Å². The van der Waals surface area contributed by atoms with Crippen LogP contribution >= 0.6 is 0 Å². The molecular weight excluding hydrogens is 369 g/mol. The number of halogens is 1. The van der Waals surface area contributed by atoms with Gasteiger partial charge in [0.2, 0.25) is 0 Å². The number of aromatic amines is 1. The minimum atomic E-state index is -0.659. The third kappa shape index (κ3) is 3.46. The van der Waals surface area contributed by atoms with Crippen molar-refractivity contribution in [3.63, 3.8) is 0 Å². The van der Waals surface area contributed by atoms with E-state index >= 15 is 0 Å². The smallest absolute Gasteiger partial charge is 0.259 e. The van der Waals surface area contributed by atoms with Crippen LogP contribution < -0.4 is 0 Å². The Bertz CT molecular complexity index is 1030. The van der Waals surface area contributed by atoms with Crippen molar-refractivity contribution in [1.82, 2.24) is 24.9 Å². The number of aromatic nitrogens is 3. The zero-order valence-electron chi connectivity index (χ0n) is 15.7. The Morgan fingerprint density at radius 3 is 2.46 bits per heavy atom. The summed E-state index contributed by atoms with van der Waals surface area (Å²) >= 11 is 0. The predicted molar refractivity (Wildman–Crippen MR) is 97.1 cm³/mol. The normalized spacial score (nSPS) is 11.0. The second-order valence-corrected chi connectivity index (χ2v) is 6.39. The number of carbonyl (C=O) groups excluding carboxylic acids is 2. The first-order valence-electron chi connectivity index (χ1n) is 8.53. The Balaban J connectivity index is 1.71. The number of aliphatic hydroxyl groups excluding tert-OH is 1. The van der Waals surface area contributed by atoms with Gasteiger partial charge in [-0.3, -0.25) is 9.59 Å². The molecule has 0 saturated heterocycles. The van der Waals surface area contributed by atoms with E-state index in [1.165, 1.54) is 35.3 Å². The summed E-state index contributed by atoms with van der Waals surface area (Å²) in [5.41, 5.74) is 1.06. The molecule has 2 amide bonds. The molecule has 2 heterocycles. The van der Waals surface area contributed by atoms with E-state index in [1.807, 2.05) is 0 Å². The van der Waals surface area contributed by atoms with Gasteiger partial charge in [0.1, 0.15) is 33.9 Å². The summed E-state index contributed by atoms with van der Waals surface area (Å²) in [7, 11) is 3.08. The number of hydrogen-bond donors (Lipinski definition) is 2. The van der Waals surface area contributed by atoms with Crippen molar-refractivity contribution in [2.75, 3.05) is 27.2 Å². The predicted octanol–water partition coefficient (Wildman–Crippen LogP) is 1.33. The van der Waals surface area contributed by atoms with E-state index in [1.54, 1.807) is 14.0 Å². The van der Waals surface area contributed by atoms with Gasteiger partial charge in [-0.05, 0) is 19.1 Å². The van der Waals surface area contributed by atoms with Crippen molar-refractivity contribution in [1.29, 1.82) is 0 Å². The Kier molecular flexibility index (Phi) is 5.41. The lowest BCUT2D eigenvalue weighted by Crippen LogP contribution is -2.38. The van der Waals surface area contributed by atoms with E-state index in [0.717, 1.165) is 0 Å². The number of nitrogens with one attached hydrogen (secondary N) is 1. The van der Waals surface area contributed by atoms with Crippen molar-refractivity contribution in [3.05, 3.63) is 46.9 Å². The van der Waals surface area contributed by atoms with Gasteiger partial charge in [0.05, 0.1) is 18.5 Å². The Labute approximate surface area is 159 Å². The van der Waals surface area contributed by atoms with Gasteiger partial charge in [-0.25, -0.2) is 9.37 Å². The first-order chi connectivity index (χ1) is 13.3. The quantitative estimate of drug-likeness (QED) is 0.657. The summed E-state index contributed by atoms with van der Waals surface area (Å²) in [6, 6.07) is 2.73. The van der Waals surface area contributed by atoms with Crippen LogP contribution in [-0.4, -0.2) is 69.0 Å². The van der Waals surface area contributed by atoms with Crippen LogP contribution in [0.15, 0.2) is 23.0 Å². The monoisotopic (exact) mass is 389 g/mol. The summed E-state index contributed by atoms with van der Waals surface area (Å²) in [5, 5.41) is 12.9. The highest BCUT2D eigenvalue weighted by molar-refractivity contribution is 6.05. The van der Waals surface area contributed by atoms with Gasteiger partial charge in [-0.1, -0.05) is 5.16 Å². The SMILES string of the molecule is Cc1onc(CO)c1C(=O)N(C)CCN(C)C(=O)c1c(F)ccc2[nH]cnc12. The Morgan fingerprint density at radius 1 is 1.18 bits per heavy atom. The first-order valence-corrected chi connectivity index (χ1v) is 8.53. The Hall–Kier alpha value is -3.27. The summed E-state index contributed by atoms with van der Waals surface area (Å²) in [4.78, 5) is 34.9. The van der Waals surface area contributed by atoms with Crippen molar-refractivity contribution in [2.45, 2.75) is 13.5 Å². The van der Waals surface area contributed by atoms with Crippen LogP contribution in [0.5, 0.6) is 0 Å². The van der Waals surface area contributed by atoms with Crippen molar-refractivity contribution in [3.8, 4) is 0 Å². The van der Waals surface area contributed by atoms with Crippen LogP contribution in [0, 0.1) is 12.7 Å². The molecule has 0 aliphatic heterocycles. The number of nitrogens with zero attached hydrogens (tertiary/aromatic N) is 4. The first kappa shape index (κ1) is 19.5. The molecule has 0 unspecified atom stereocenters. The number of aliphatic hydroxyl groups is 1. The van der Waals surface area contributed by atoms with Gasteiger partial charge in [0, 0.05) is 27.2 Å². The number of amides is 2. The van der Waals surface area contributed by atoms with Gasteiger partial charge in [-0.2, -0.15) is 0 Å². The maximum atomic E-state index is 14.2. The van der Waals surface area contributed by atoms with Crippen molar-refractivity contribution in [2.24, 2.45) is 0 Å². The molecule has 28 heavy (non-hydrogen) atoms. The van der Waals surface area contributed by atoms with E-state index in [4.69, 9.17) is 4.52 Å². The summed E-state index contributed by atoms with van der Waals surface area (Å²) in [6.07, 6.45) is 1.40. The molecular formula is C18H20FN5O4. The van der Waals surface area contributed by atoms with Gasteiger partial charge in [0.15, 0.2) is 0 Å². The molecule has 0 bridgehead atoms. The molecule has 0 aliphatic carbocycles. The zero-order valence-corrected chi connectivity index (χ0v) is 15.7. The number of rotatable bonds is 6. The second kappa shape index (κ2) is 7.77. The van der Waals surface area contributed by atoms with E-state index in [2.05, 4.69) is 15.1 Å². The van der Waals surface area contributed by atoms with Gasteiger partial charge in [-0.15, -0.1) is 0 Å². The van der Waals surface area contributed by atoms with Crippen LogP contribution in [0.3, 0.4) is 0 Å². The standard InChI is InChI=1S/C18H20FN5O4/c1-10-14(13(8-25)22-28-10)17(26)23(2)6-7-24(3)18(27)15-11(19)4-5-12-16(15)21-9-20-12/h4-5,9,25H,6-8H2,1-3H3,(H,20,21). The maximum absolute atomic E-state index is 14.2. The van der Waals surface area contributed by atoms with Gasteiger partial charge < -0.3 is 24.4 Å². The average Bonchev–Trinajstić information content (AvgIpc) is 3.30. The molecule has 3 rings (SSSR count). The fourth-order valence-electron chi connectivity index (χ4n) is 2.87. The van der Waals surface area contributed by atoms with Crippen LogP contribution in [0.4, 0.5) is 4.39 Å². The number of fused-ring (bicyclic) bond motifs is 1. The molecule has 2 N–H and O–H groups in total. The minimum absolute atomic E-state index is 0.118. The summed E-state index contributed by atoms with van der Waals surface area (Å²) in [5.74, 6) is -1.27.